The Balaban J connectivity index is 0.000000180. The van der Waals surface area contributed by atoms with E-state index >= 15 is 0 Å². The third kappa shape index (κ3) is 4.70. The van der Waals surface area contributed by atoms with Crippen molar-refractivity contribution < 1.29 is 0 Å². The Kier molecular flexibility index (Phi) is 5.69. The molecule has 4 heteroatoms. The largest absolute Gasteiger partial charge is 0.399 e. The fraction of sp³-hybridized carbons (Fsp3) is 0.143. The highest BCUT2D eigenvalue weighted by Crippen LogP contribution is 2.17. The monoisotopic (exact) mass is 370 g/mol. The van der Waals surface area contributed by atoms with Crippen LogP contribution in [0, 0.1) is 13.8 Å². The van der Waals surface area contributed by atoms with Crippen LogP contribution >= 0.6 is 31.9 Å². The summed E-state index contributed by atoms with van der Waals surface area (Å²) < 4.78 is 2.19. The van der Waals surface area contributed by atoms with Gasteiger partial charge in [-0.3, -0.25) is 0 Å². The molecule has 2 aromatic rings. The fourth-order valence-corrected chi connectivity index (χ4v) is 2.03. The van der Waals surface area contributed by atoms with Crippen LogP contribution in [-0.2, 0) is 0 Å². The zero-order chi connectivity index (χ0) is 13.7. The average molecular weight is 372 g/mol. The van der Waals surface area contributed by atoms with Crippen LogP contribution in [0.5, 0.6) is 0 Å². The maximum Gasteiger partial charge on any atom is 0.0344 e. The summed E-state index contributed by atoms with van der Waals surface area (Å²) in [5.74, 6) is 0. The lowest BCUT2D eigenvalue weighted by molar-refractivity contribution is 1.43. The Bertz CT molecular complexity index is 490. The summed E-state index contributed by atoms with van der Waals surface area (Å²) in [7, 11) is 0. The molecule has 0 saturated heterocycles. The standard InChI is InChI=1S/2C7H8BrN/c1-5-4-6(9)2-3-7(5)8;1-5-4-6(8)2-3-7(5)9/h2*2-4H,9H2,1H3. The molecule has 0 bridgehead atoms. The number of nitrogens with two attached hydrogens (primary N) is 2. The third-order valence-electron chi connectivity index (χ3n) is 2.41. The lowest BCUT2D eigenvalue weighted by Gasteiger charge is -1.97. The van der Waals surface area contributed by atoms with Gasteiger partial charge in [-0.15, -0.1) is 0 Å². The molecule has 2 nitrogen and oxygen atoms in total. The van der Waals surface area contributed by atoms with Gasteiger partial charge in [-0.25, -0.2) is 0 Å². The highest BCUT2D eigenvalue weighted by Gasteiger charge is 1.91. The van der Waals surface area contributed by atoms with Crippen LogP contribution in [0.25, 0.3) is 0 Å². The SMILES string of the molecule is Cc1cc(Br)ccc1N.Cc1cc(N)ccc1Br. The van der Waals surface area contributed by atoms with Gasteiger partial charge in [0.2, 0.25) is 0 Å². The van der Waals surface area contributed by atoms with Gasteiger partial charge in [-0.1, -0.05) is 31.9 Å². The Morgan fingerprint density at radius 3 is 1.94 bits per heavy atom. The number of aryl methyl sites for hydroxylation is 2. The van der Waals surface area contributed by atoms with Gasteiger partial charge in [0.15, 0.2) is 0 Å². The van der Waals surface area contributed by atoms with E-state index in [0.717, 1.165) is 25.9 Å². The van der Waals surface area contributed by atoms with Crippen LogP contribution in [0.4, 0.5) is 11.4 Å². The second-order valence-electron chi connectivity index (χ2n) is 4.01. The Morgan fingerprint density at radius 1 is 0.833 bits per heavy atom. The van der Waals surface area contributed by atoms with E-state index in [4.69, 9.17) is 11.5 Å². The number of anilines is 2. The molecule has 0 aromatic heterocycles. The summed E-state index contributed by atoms with van der Waals surface area (Å²) in [4.78, 5) is 0. The quantitative estimate of drug-likeness (QED) is 0.660. The highest BCUT2D eigenvalue weighted by molar-refractivity contribution is 9.10. The number of hydrogen-bond acceptors (Lipinski definition) is 2. The Hall–Kier alpha value is -1.00. The molecule has 2 aromatic carbocycles. The minimum absolute atomic E-state index is 0.815. The van der Waals surface area contributed by atoms with Gasteiger partial charge in [0.1, 0.15) is 0 Å². The van der Waals surface area contributed by atoms with Gasteiger partial charge in [0.25, 0.3) is 0 Å². The van der Waals surface area contributed by atoms with E-state index in [9.17, 15) is 0 Å². The molecule has 0 unspecified atom stereocenters. The minimum atomic E-state index is 0.815. The Labute approximate surface area is 125 Å². The molecular weight excluding hydrogens is 356 g/mol. The van der Waals surface area contributed by atoms with Gasteiger partial charge in [0, 0.05) is 20.3 Å². The maximum atomic E-state index is 5.57. The predicted octanol–water partition coefficient (Wildman–Crippen LogP) is 4.68. The van der Waals surface area contributed by atoms with E-state index in [1.54, 1.807) is 0 Å². The summed E-state index contributed by atoms with van der Waals surface area (Å²) in [6, 6.07) is 11.6. The van der Waals surface area contributed by atoms with E-state index in [2.05, 4.69) is 31.9 Å². The highest BCUT2D eigenvalue weighted by atomic mass is 79.9. The van der Waals surface area contributed by atoms with E-state index in [0.29, 0.717) is 0 Å². The lowest BCUT2D eigenvalue weighted by Crippen LogP contribution is -1.87. The van der Waals surface area contributed by atoms with Crippen LogP contribution in [0.3, 0.4) is 0 Å². The molecule has 0 saturated carbocycles. The van der Waals surface area contributed by atoms with Crippen LogP contribution in [0.2, 0.25) is 0 Å². The summed E-state index contributed by atoms with van der Waals surface area (Å²) in [6.07, 6.45) is 0. The normalized spacial score (nSPS) is 9.56. The van der Waals surface area contributed by atoms with Crippen molar-refractivity contribution in [1.29, 1.82) is 0 Å². The van der Waals surface area contributed by atoms with Gasteiger partial charge < -0.3 is 11.5 Å². The zero-order valence-corrected chi connectivity index (χ0v) is 13.5. The molecule has 0 aliphatic carbocycles. The average Bonchev–Trinajstić information content (AvgIpc) is 2.30. The molecule has 96 valence electrons. The van der Waals surface area contributed by atoms with Crippen LogP contribution in [-0.4, -0.2) is 0 Å². The van der Waals surface area contributed by atoms with Gasteiger partial charge >= 0.3 is 0 Å². The third-order valence-corrected chi connectivity index (χ3v) is 3.80. The molecule has 18 heavy (non-hydrogen) atoms. The second-order valence-corrected chi connectivity index (χ2v) is 5.78. The molecule has 0 aliphatic rings. The van der Waals surface area contributed by atoms with Crippen molar-refractivity contribution in [3.63, 3.8) is 0 Å². The first-order valence-electron chi connectivity index (χ1n) is 5.43. The first-order valence-corrected chi connectivity index (χ1v) is 7.02. The van der Waals surface area contributed by atoms with Gasteiger partial charge in [-0.05, 0) is 61.4 Å². The molecule has 0 aliphatic heterocycles. The second kappa shape index (κ2) is 6.81. The van der Waals surface area contributed by atoms with Crippen LogP contribution < -0.4 is 11.5 Å². The molecule has 4 N–H and O–H groups in total. The molecule has 2 rings (SSSR count). The van der Waals surface area contributed by atoms with E-state index in [-0.39, 0.29) is 0 Å². The number of benzene rings is 2. The maximum absolute atomic E-state index is 5.57. The first-order chi connectivity index (χ1) is 8.40. The van der Waals surface area contributed by atoms with Gasteiger partial charge in [0.05, 0.1) is 0 Å². The molecular formula is C14H16Br2N2. The van der Waals surface area contributed by atoms with E-state index in [1.165, 1.54) is 5.56 Å². The van der Waals surface area contributed by atoms with Crippen molar-refractivity contribution in [3.05, 3.63) is 56.5 Å². The van der Waals surface area contributed by atoms with Crippen molar-refractivity contribution in [2.45, 2.75) is 13.8 Å². The number of nitrogen functional groups attached to an aromatic ring is 2. The van der Waals surface area contributed by atoms with Crippen molar-refractivity contribution in [2.24, 2.45) is 0 Å². The summed E-state index contributed by atoms with van der Waals surface area (Å²) in [6.45, 7) is 4.00. The molecule has 0 heterocycles. The number of hydrogen-bond donors (Lipinski definition) is 2. The number of rotatable bonds is 0. The van der Waals surface area contributed by atoms with E-state index in [1.807, 2.05) is 50.2 Å². The first kappa shape index (κ1) is 15.1. The van der Waals surface area contributed by atoms with Gasteiger partial charge in [-0.2, -0.15) is 0 Å². The molecule has 0 fully saturated rings. The summed E-state index contributed by atoms with van der Waals surface area (Å²) in [5, 5.41) is 0. The fourth-order valence-electron chi connectivity index (χ4n) is 1.31. The van der Waals surface area contributed by atoms with Crippen LogP contribution in [0.1, 0.15) is 11.1 Å². The van der Waals surface area contributed by atoms with Crippen molar-refractivity contribution in [2.75, 3.05) is 11.5 Å². The topological polar surface area (TPSA) is 52.0 Å². The zero-order valence-electron chi connectivity index (χ0n) is 10.4. The van der Waals surface area contributed by atoms with Crippen LogP contribution in [0.15, 0.2) is 45.3 Å². The van der Waals surface area contributed by atoms with Crippen molar-refractivity contribution in [1.82, 2.24) is 0 Å². The molecule has 0 atom stereocenters. The summed E-state index contributed by atoms with van der Waals surface area (Å²) in [5.41, 5.74) is 15.0. The molecule has 0 radical (unpaired) electrons. The predicted molar refractivity (Wildman–Crippen MR) is 86.6 cm³/mol. The Morgan fingerprint density at radius 2 is 1.50 bits per heavy atom. The van der Waals surface area contributed by atoms with Crippen molar-refractivity contribution in [3.8, 4) is 0 Å². The lowest BCUT2D eigenvalue weighted by atomic mass is 10.2. The van der Waals surface area contributed by atoms with Crippen molar-refractivity contribution >= 4 is 43.2 Å². The smallest absolute Gasteiger partial charge is 0.0344 e. The van der Waals surface area contributed by atoms with E-state index < -0.39 is 0 Å². The molecule has 0 amide bonds. The molecule has 0 spiro atoms. The number of halogens is 2. The minimum Gasteiger partial charge on any atom is -0.399 e. The summed E-state index contributed by atoms with van der Waals surface area (Å²) >= 11 is 6.71.